The molecule has 0 radical (unpaired) electrons. The predicted molar refractivity (Wildman–Crippen MR) is 146 cm³/mol. The number of hydrogen-bond acceptors (Lipinski definition) is 6. The standard InChI is InChI=1S/C29H32N2O6S/c1-3-30-29(35)31-23-6-4-5-22(15-23)28-36-25(17-38-24-13-11-21(12-14-24)27(33)34)18(2)26(37-28)20-9-7-19(16-32)8-10-20/h4-15,18,25-26,28,32H,3,16-17H2,1-2H3,(H,33,34)(H2,30,31,35). The van der Waals surface area contributed by atoms with E-state index in [9.17, 15) is 14.7 Å². The van der Waals surface area contributed by atoms with Gasteiger partial charge in [-0.15, -0.1) is 11.8 Å². The van der Waals surface area contributed by atoms with Crippen LogP contribution in [0.1, 0.15) is 53.3 Å². The van der Waals surface area contributed by atoms with E-state index in [4.69, 9.17) is 14.6 Å². The summed E-state index contributed by atoms with van der Waals surface area (Å²) in [7, 11) is 0. The summed E-state index contributed by atoms with van der Waals surface area (Å²) >= 11 is 1.60. The molecule has 0 saturated carbocycles. The number of aliphatic hydroxyl groups excluding tert-OH is 1. The summed E-state index contributed by atoms with van der Waals surface area (Å²) in [6, 6.07) is 21.6. The van der Waals surface area contributed by atoms with Gasteiger partial charge < -0.3 is 30.3 Å². The molecule has 0 spiro atoms. The van der Waals surface area contributed by atoms with E-state index in [1.165, 1.54) is 0 Å². The monoisotopic (exact) mass is 536 g/mol. The second-order valence-corrected chi connectivity index (χ2v) is 10.2. The first-order chi connectivity index (χ1) is 18.4. The fraction of sp³-hybridized carbons (Fsp3) is 0.310. The minimum atomic E-state index is -0.954. The van der Waals surface area contributed by atoms with Gasteiger partial charge in [0.05, 0.1) is 24.4 Å². The number of ether oxygens (including phenoxy) is 2. The van der Waals surface area contributed by atoms with Crippen LogP contribution in [0.15, 0.2) is 77.7 Å². The average Bonchev–Trinajstić information content (AvgIpc) is 2.93. The van der Waals surface area contributed by atoms with Crippen LogP contribution in [-0.2, 0) is 16.1 Å². The van der Waals surface area contributed by atoms with Crippen molar-refractivity contribution in [3.8, 4) is 0 Å². The lowest BCUT2D eigenvalue weighted by atomic mass is 9.91. The molecule has 1 aliphatic heterocycles. The van der Waals surface area contributed by atoms with Crippen molar-refractivity contribution in [2.75, 3.05) is 17.6 Å². The number of thioether (sulfide) groups is 1. The van der Waals surface area contributed by atoms with E-state index in [1.807, 2.05) is 55.5 Å². The Balaban J connectivity index is 1.56. The van der Waals surface area contributed by atoms with Gasteiger partial charge in [0.1, 0.15) is 0 Å². The van der Waals surface area contributed by atoms with Gasteiger partial charge in [0.2, 0.25) is 0 Å². The molecule has 4 rings (SSSR count). The van der Waals surface area contributed by atoms with Crippen molar-refractivity contribution in [2.45, 2.75) is 43.8 Å². The minimum absolute atomic E-state index is 0.00802. The summed E-state index contributed by atoms with van der Waals surface area (Å²) in [6.07, 6.45) is -1.11. The SMILES string of the molecule is CCNC(=O)Nc1cccc(C2OC(CSc3ccc(C(=O)O)cc3)C(C)C(c3ccc(CO)cc3)O2)c1. The lowest BCUT2D eigenvalue weighted by molar-refractivity contribution is -0.268. The molecule has 200 valence electrons. The van der Waals surface area contributed by atoms with Crippen molar-refractivity contribution in [2.24, 2.45) is 5.92 Å². The first-order valence-corrected chi connectivity index (χ1v) is 13.5. The highest BCUT2D eigenvalue weighted by atomic mass is 32.2. The van der Waals surface area contributed by atoms with Gasteiger partial charge in [0.25, 0.3) is 0 Å². The van der Waals surface area contributed by atoms with E-state index in [0.717, 1.165) is 21.6 Å². The Labute approximate surface area is 226 Å². The third-order valence-corrected chi connectivity index (χ3v) is 7.49. The van der Waals surface area contributed by atoms with E-state index >= 15 is 0 Å². The predicted octanol–water partition coefficient (Wildman–Crippen LogP) is 5.60. The van der Waals surface area contributed by atoms with Crippen molar-refractivity contribution in [1.82, 2.24) is 5.32 Å². The third kappa shape index (κ3) is 6.93. The molecule has 9 heteroatoms. The molecule has 0 bridgehead atoms. The molecule has 0 aliphatic carbocycles. The number of anilines is 1. The molecule has 38 heavy (non-hydrogen) atoms. The molecular formula is C29H32N2O6S. The van der Waals surface area contributed by atoms with Crippen LogP contribution >= 0.6 is 11.8 Å². The Morgan fingerprint density at radius 3 is 2.37 bits per heavy atom. The molecule has 1 saturated heterocycles. The normalized spacial score (nSPS) is 21.0. The quantitative estimate of drug-likeness (QED) is 0.263. The van der Waals surface area contributed by atoms with Gasteiger partial charge in [-0.25, -0.2) is 9.59 Å². The number of urea groups is 1. The number of carbonyl (C=O) groups is 2. The second-order valence-electron chi connectivity index (χ2n) is 9.07. The Bertz CT molecular complexity index is 1230. The Kier molecular flexibility index (Phi) is 9.41. The smallest absolute Gasteiger partial charge is 0.335 e. The fourth-order valence-corrected chi connectivity index (χ4v) is 5.35. The zero-order valence-corrected chi connectivity index (χ0v) is 22.1. The van der Waals surface area contributed by atoms with Crippen molar-refractivity contribution in [1.29, 1.82) is 0 Å². The average molecular weight is 537 g/mol. The molecule has 4 atom stereocenters. The molecular weight excluding hydrogens is 504 g/mol. The molecule has 2 amide bonds. The molecule has 1 fully saturated rings. The van der Waals surface area contributed by atoms with Gasteiger partial charge in [0, 0.05) is 34.4 Å². The van der Waals surface area contributed by atoms with Gasteiger partial charge in [-0.3, -0.25) is 0 Å². The molecule has 1 aliphatic rings. The van der Waals surface area contributed by atoms with E-state index in [2.05, 4.69) is 17.6 Å². The molecule has 3 aromatic rings. The van der Waals surface area contributed by atoms with Gasteiger partial charge in [-0.1, -0.05) is 43.3 Å². The van der Waals surface area contributed by atoms with Crippen LogP contribution in [-0.4, -0.2) is 40.6 Å². The molecule has 3 aromatic carbocycles. The second kappa shape index (κ2) is 12.9. The van der Waals surface area contributed by atoms with Crippen LogP contribution in [0.2, 0.25) is 0 Å². The lowest BCUT2D eigenvalue weighted by Crippen LogP contribution is -2.38. The molecule has 8 nitrogen and oxygen atoms in total. The minimum Gasteiger partial charge on any atom is -0.478 e. The zero-order chi connectivity index (χ0) is 27.1. The highest BCUT2D eigenvalue weighted by Crippen LogP contribution is 2.43. The number of benzene rings is 3. The van der Waals surface area contributed by atoms with Gasteiger partial charge in [-0.2, -0.15) is 0 Å². The van der Waals surface area contributed by atoms with Gasteiger partial charge in [0.15, 0.2) is 6.29 Å². The van der Waals surface area contributed by atoms with E-state index in [0.29, 0.717) is 18.0 Å². The van der Waals surface area contributed by atoms with Crippen molar-refractivity contribution in [3.63, 3.8) is 0 Å². The largest absolute Gasteiger partial charge is 0.478 e. The number of carbonyl (C=O) groups excluding carboxylic acids is 1. The summed E-state index contributed by atoms with van der Waals surface area (Å²) in [5.74, 6) is -0.311. The van der Waals surface area contributed by atoms with Gasteiger partial charge in [-0.05, 0) is 54.4 Å². The highest BCUT2D eigenvalue weighted by Gasteiger charge is 2.38. The van der Waals surface area contributed by atoms with Crippen molar-refractivity contribution < 1.29 is 29.3 Å². The van der Waals surface area contributed by atoms with Crippen LogP contribution in [0.4, 0.5) is 10.5 Å². The number of carboxylic acid groups (broad SMARTS) is 1. The number of carboxylic acids is 1. The maximum Gasteiger partial charge on any atom is 0.335 e. The Hall–Kier alpha value is -3.37. The number of amides is 2. The molecule has 4 unspecified atom stereocenters. The highest BCUT2D eigenvalue weighted by molar-refractivity contribution is 7.99. The molecule has 4 N–H and O–H groups in total. The van der Waals surface area contributed by atoms with Crippen molar-refractivity contribution in [3.05, 3.63) is 95.1 Å². The maximum atomic E-state index is 12.0. The number of nitrogens with one attached hydrogen (secondary N) is 2. The Morgan fingerprint density at radius 2 is 1.71 bits per heavy atom. The van der Waals surface area contributed by atoms with Crippen LogP contribution < -0.4 is 10.6 Å². The van der Waals surface area contributed by atoms with Crippen LogP contribution in [0, 0.1) is 5.92 Å². The molecule has 1 heterocycles. The lowest BCUT2D eigenvalue weighted by Gasteiger charge is -2.41. The maximum absolute atomic E-state index is 12.0. The Morgan fingerprint density at radius 1 is 0.974 bits per heavy atom. The van der Waals surface area contributed by atoms with Gasteiger partial charge >= 0.3 is 12.0 Å². The summed E-state index contributed by atoms with van der Waals surface area (Å²) in [5, 5.41) is 24.2. The van der Waals surface area contributed by atoms with Crippen molar-refractivity contribution >= 4 is 29.4 Å². The summed E-state index contributed by atoms with van der Waals surface area (Å²) in [6.45, 7) is 4.44. The van der Waals surface area contributed by atoms with E-state index < -0.39 is 12.3 Å². The number of aliphatic hydroxyl groups is 1. The summed E-state index contributed by atoms with van der Waals surface area (Å²) in [4.78, 5) is 24.2. The topological polar surface area (TPSA) is 117 Å². The molecule has 0 aromatic heterocycles. The van der Waals surface area contributed by atoms with Crippen LogP contribution in [0.25, 0.3) is 0 Å². The van der Waals surface area contributed by atoms with Crippen LogP contribution in [0.5, 0.6) is 0 Å². The number of hydrogen-bond donors (Lipinski definition) is 4. The van der Waals surface area contributed by atoms with E-state index in [-0.39, 0.29) is 36.3 Å². The first-order valence-electron chi connectivity index (χ1n) is 12.5. The zero-order valence-electron chi connectivity index (χ0n) is 21.3. The third-order valence-electron chi connectivity index (χ3n) is 6.39. The number of rotatable bonds is 9. The van der Waals surface area contributed by atoms with E-state index in [1.54, 1.807) is 36.0 Å². The first kappa shape index (κ1) is 27.7. The fourth-order valence-electron chi connectivity index (χ4n) is 4.28. The number of aromatic carboxylic acids is 1. The summed E-state index contributed by atoms with van der Waals surface area (Å²) < 4.78 is 13.0. The summed E-state index contributed by atoms with van der Waals surface area (Å²) in [5.41, 5.74) is 3.47. The van der Waals surface area contributed by atoms with Crippen LogP contribution in [0.3, 0.4) is 0 Å².